The summed E-state index contributed by atoms with van der Waals surface area (Å²) in [5, 5.41) is 0. The van der Waals surface area contributed by atoms with Crippen molar-refractivity contribution in [1.82, 2.24) is 18.7 Å². The number of imidazole rings is 1. The zero-order valence-corrected chi connectivity index (χ0v) is 15.0. The first-order valence-electron chi connectivity index (χ1n) is 7.24. The smallest absolute Gasteiger partial charge is 0.332 e. The molecule has 0 spiro atoms. The van der Waals surface area contributed by atoms with E-state index in [2.05, 4.69) is 32.8 Å². The molecule has 0 N–H and O–H groups in total. The van der Waals surface area contributed by atoms with Crippen LogP contribution in [0.15, 0.2) is 30.9 Å². The topological polar surface area (TPSA) is 75.0 Å². The Bertz CT molecular complexity index is 1100. The van der Waals surface area contributed by atoms with Crippen LogP contribution in [-0.4, -0.2) is 18.7 Å². The number of rotatable bonds is 3. The second-order valence-corrected chi connectivity index (χ2v) is 6.02. The highest BCUT2D eigenvalue weighted by Gasteiger charge is 2.19. The van der Waals surface area contributed by atoms with Gasteiger partial charge in [-0.05, 0) is 41.9 Å². The van der Waals surface area contributed by atoms with Gasteiger partial charge in [0.15, 0.2) is 15.9 Å². The summed E-state index contributed by atoms with van der Waals surface area (Å²) in [6.45, 7) is 3.90. The van der Waals surface area contributed by atoms with Gasteiger partial charge in [0.25, 0.3) is 5.56 Å². The van der Waals surface area contributed by atoms with E-state index in [9.17, 15) is 9.59 Å². The summed E-state index contributed by atoms with van der Waals surface area (Å²) in [5.74, 6) is 6.96. The fraction of sp³-hybridized carbons (Fsp3) is 0.312. The van der Waals surface area contributed by atoms with E-state index in [0.717, 1.165) is 10.3 Å². The van der Waals surface area contributed by atoms with E-state index in [0.29, 0.717) is 28.2 Å². The molecular weight excluding hydrogens is 376 g/mol. The molecule has 3 aromatic heterocycles. The van der Waals surface area contributed by atoms with Crippen LogP contribution >= 0.6 is 15.9 Å². The first-order chi connectivity index (χ1) is 11.4. The molecule has 7 nitrogen and oxygen atoms in total. The molecule has 0 aliphatic heterocycles. The van der Waals surface area contributed by atoms with Crippen molar-refractivity contribution >= 4 is 27.1 Å². The van der Waals surface area contributed by atoms with Crippen LogP contribution in [-0.2, 0) is 20.1 Å². The van der Waals surface area contributed by atoms with Gasteiger partial charge in [0, 0.05) is 7.05 Å². The average Bonchev–Trinajstić information content (AvgIpc) is 3.11. The number of halogens is 1. The molecule has 0 saturated carbocycles. The molecule has 0 aliphatic rings. The molecule has 0 atom stereocenters. The van der Waals surface area contributed by atoms with Crippen LogP contribution in [0, 0.1) is 18.8 Å². The van der Waals surface area contributed by atoms with E-state index in [-0.39, 0.29) is 6.54 Å². The minimum absolute atomic E-state index is 0.0670. The van der Waals surface area contributed by atoms with Gasteiger partial charge in [-0.2, -0.15) is 0 Å². The lowest BCUT2D eigenvalue weighted by molar-refractivity contribution is 0.459. The van der Waals surface area contributed by atoms with E-state index >= 15 is 0 Å². The molecule has 0 fully saturated rings. The van der Waals surface area contributed by atoms with Crippen molar-refractivity contribution in [2.24, 2.45) is 7.05 Å². The molecular formula is C16H15BrN4O3. The van der Waals surface area contributed by atoms with Crippen LogP contribution < -0.4 is 11.2 Å². The van der Waals surface area contributed by atoms with Crippen LogP contribution in [0.1, 0.15) is 18.4 Å². The number of hydrogen-bond acceptors (Lipinski definition) is 4. The number of nitrogens with zero attached hydrogens (tertiary/aromatic N) is 4. The second kappa shape index (κ2) is 6.17. The summed E-state index contributed by atoms with van der Waals surface area (Å²) in [6.07, 6.45) is 0. The van der Waals surface area contributed by atoms with Crippen LogP contribution in [0.2, 0.25) is 0 Å². The molecule has 0 radical (unpaired) electrons. The maximum atomic E-state index is 12.9. The average molecular weight is 391 g/mol. The van der Waals surface area contributed by atoms with Crippen LogP contribution in [0.4, 0.5) is 0 Å². The maximum Gasteiger partial charge on any atom is 0.332 e. The van der Waals surface area contributed by atoms with Gasteiger partial charge in [-0.3, -0.25) is 13.9 Å². The molecule has 0 unspecified atom stereocenters. The zero-order chi connectivity index (χ0) is 17.4. The van der Waals surface area contributed by atoms with E-state index < -0.39 is 11.2 Å². The van der Waals surface area contributed by atoms with Crippen LogP contribution in [0.5, 0.6) is 0 Å². The molecule has 3 rings (SSSR count). The molecule has 24 heavy (non-hydrogen) atoms. The summed E-state index contributed by atoms with van der Waals surface area (Å²) in [4.78, 5) is 29.7. The third-order valence-corrected chi connectivity index (χ3v) is 4.32. The first kappa shape index (κ1) is 16.3. The van der Waals surface area contributed by atoms with Gasteiger partial charge >= 0.3 is 5.69 Å². The number of aromatic nitrogens is 4. The van der Waals surface area contributed by atoms with Crippen molar-refractivity contribution in [2.45, 2.75) is 26.9 Å². The van der Waals surface area contributed by atoms with E-state index in [1.54, 1.807) is 30.7 Å². The maximum absolute atomic E-state index is 12.9. The summed E-state index contributed by atoms with van der Waals surface area (Å²) < 4.78 is 10.1. The summed E-state index contributed by atoms with van der Waals surface area (Å²) in [7, 11) is 1.59. The lowest BCUT2D eigenvalue weighted by Crippen LogP contribution is -2.39. The molecule has 3 aromatic rings. The van der Waals surface area contributed by atoms with Gasteiger partial charge in [-0.15, -0.1) is 5.92 Å². The first-order valence-corrected chi connectivity index (χ1v) is 8.03. The highest BCUT2D eigenvalue weighted by molar-refractivity contribution is 9.10. The van der Waals surface area contributed by atoms with Crippen molar-refractivity contribution in [3.05, 3.63) is 49.2 Å². The highest BCUT2D eigenvalue weighted by Crippen LogP contribution is 2.16. The number of fused-ring (bicyclic) bond motifs is 1. The normalized spacial score (nSPS) is 10.8. The van der Waals surface area contributed by atoms with E-state index in [1.165, 1.54) is 4.57 Å². The van der Waals surface area contributed by atoms with Gasteiger partial charge in [0.05, 0.1) is 13.1 Å². The number of aryl methyl sites for hydroxylation is 2. The van der Waals surface area contributed by atoms with E-state index in [4.69, 9.17) is 4.42 Å². The minimum Gasteiger partial charge on any atom is -0.464 e. The Balaban J connectivity index is 2.28. The predicted molar refractivity (Wildman–Crippen MR) is 92.9 cm³/mol. The van der Waals surface area contributed by atoms with Gasteiger partial charge in [-0.1, -0.05) is 5.92 Å². The Morgan fingerprint density at radius 2 is 2.04 bits per heavy atom. The second-order valence-electron chi connectivity index (χ2n) is 5.31. The molecule has 0 amide bonds. The van der Waals surface area contributed by atoms with Gasteiger partial charge in [-0.25, -0.2) is 9.78 Å². The Morgan fingerprint density at radius 3 is 2.67 bits per heavy atom. The zero-order valence-electron chi connectivity index (χ0n) is 13.5. The molecule has 0 aromatic carbocycles. The quantitative estimate of drug-likeness (QED) is 0.503. The van der Waals surface area contributed by atoms with Crippen molar-refractivity contribution in [3.8, 4) is 11.8 Å². The van der Waals surface area contributed by atoms with E-state index in [1.807, 2.05) is 6.92 Å². The van der Waals surface area contributed by atoms with Crippen molar-refractivity contribution in [1.29, 1.82) is 0 Å². The fourth-order valence-electron chi connectivity index (χ4n) is 2.51. The summed E-state index contributed by atoms with van der Waals surface area (Å²) >= 11 is 3.33. The Kier molecular flexibility index (Phi) is 4.20. The summed E-state index contributed by atoms with van der Waals surface area (Å²) in [6, 6.07) is 3.54. The third kappa shape index (κ3) is 2.61. The molecule has 8 heteroatoms. The van der Waals surface area contributed by atoms with Gasteiger partial charge in [0.1, 0.15) is 11.5 Å². The van der Waals surface area contributed by atoms with Crippen molar-refractivity contribution in [2.75, 3.05) is 0 Å². The molecule has 124 valence electrons. The fourth-order valence-corrected chi connectivity index (χ4v) is 2.98. The number of furan rings is 1. The summed E-state index contributed by atoms with van der Waals surface area (Å²) in [5.41, 5.74) is -0.213. The number of hydrogen-bond donors (Lipinski definition) is 0. The Labute approximate surface area is 145 Å². The van der Waals surface area contributed by atoms with Crippen molar-refractivity contribution < 1.29 is 4.42 Å². The largest absolute Gasteiger partial charge is 0.464 e. The lowest BCUT2D eigenvalue weighted by atomic mass is 10.4. The monoisotopic (exact) mass is 390 g/mol. The van der Waals surface area contributed by atoms with Crippen LogP contribution in [0.3, 0.4) is 0 Å². The molecule has 3 heterocycles. The van der Waals surface area contributed by atoms with Gasteiger partial charge in [0.2, 0.25) is 0 Å². The highest BCUT2D eigenvalue weighted by atomic mass is 79.9. The minimum atomic E-state index is -0.444. The SMILES string of the molecule is CC#CCn1c(Br)nc2c1c(=O)n(Cc1ccc(C)o1)c(=O)n2C. The third-order valence-electron chi connectivity index (χ3n) is 3.71. The molecule has 0 saturated heterocycles. The Hall–Kier alpha value is -2.53. The molecule has 0 bridgehead atoms. The standard InChI is InChI=1S/C16H15BrN4O3/c1-4-5-8-20-12-13(18-15(20)17)19(3)16(23)21(14(12)22)9-11-7-6-10(2)24-11/h6-7H,8-9H2,1-3H3. The Morgan fingerprint density at radius 1 is 1.29 bits per heavy atom. The van der Waals surface area contributed by atoms with Gasteiger partial charge < -0.3 is 8.98 Å². The lowest BCUT2D eigenvalue weighted by Gasteiger charge is -2.08. The van der Waals surface area contributed by atoms with Crippen molar-refractivity contribution in [3.63, 3.8) is 0 Å². The predicted octanol–water partition coefficient (Wildman–Crippen LogP) is 1.63. The molecule has 0 aliphatic carbocycles. The van der Waals surface area contributed by atoms with Crippen LogP contribution in [0.25, 0.3) is 11.2 Å².